The van der Waals surface area contributed by atoms with Crippen LogP contribution in [0.5, 0.6) is 0 Å². The van der Waals surface area contributed by atoms with E-state index < -0.39 is 6.04 Å². The zero-order valence-corrected chi connectivity index (χ0v) is 17.0. The molecule has 5 nitrogen and oxygen atoms in total. The number of carbonyl (C=O) groups excluding carboxylic acids is 2. The van der Waals surface area contributed by atoms with Crippen molar-refractivity contribution >= 4 is 40.2 Å². The molecule has 0 saturated carbocycles. The number of benzene rings is 1. The first-order chi connectivity index (χ1) is 10.6. The van der Waals surface area contributed by atoms with Gasteiger partial charge in [-0.2, -0.15) is 0 Å². The number of halogens is 2. The third-order valence-electron chi connectivity index (χ3n) is 3.78. The van der Waals surface area contributed by atoms with Crippen LogP contribution in [-0.2, 0) is 15.0 Å². The van der Waals surface area contributed by atoms with E-state index in [1.165, 1.54) is 0 Å². The molecule has 0 unspecified atom stereocenters. The summed E-state index contributed by atoms with van der Waals surface area (Å²) >= 11 is 3.45. The van der Waals surface area contributed by atoms with Gasteiger partial charge in [-0.05, 0) is 23.6 Å². The second kappa shape index (κ2) is 10.0. The number of hydrogen-bond donors (Lipinski definition) is 3. The van der Waals surface area contributed by atoms with Crippen LogP contribution in [0.2, 0.25) is 0 Å². The smallest absolute Gasteiger partial charge is 0.239 e. The van der Waals surface area contributed by atoms with Gasteiger partial charge in [0.15, 0.2) is 0 Å². The van der Waals surface area contributed by atoms with Gasteiger partial charge in [-0.15, -0.1) is 12.4 Å². The van der Waals surface area contributed by atoms with Gasteiger partial charge < -0.3 is 16.4 Å². The van der Waals surface area contributed by atoms with Crippen molar-refractivity contribution in [2.24, 2.45) is 11.7 Å². The van der Waals surface area contributed by atoms with Crippen LogP contribution >= 0.6 is 28.3 Å². The lowest BCUT2D eigenvalue weighted by molar-refractivity contribution is -0.127. The average Bonchev–Trinajstić information content (AvgIpc) is 2.49. The number of nitrogens with two attached hydrogens (primary N) is 1. The van der Waals surface area contributed by atoms with Gasteiger partial charge in [0.25, 0.3) is 0 Å². The lowest BCUT2D eigenvalue weighted by Crippen LogP contribution is -2.48. The minimum absolute atomic E-state index is 0. The van der Waals surface area contributed by atoms with E-state index in [1.54, 1.807) is 0 Å². The molecule has 7 heteroatoms. The molecule has 1 aromatic carbocycles. The van der Waals surface area contributed by atoms with E-state index in [4.69, 9.17) is 5.73 Å². The maximum absolute atomic E-state index is 11.9. The summed E-state index contributed by atoms with van der Waals surface area (Å²) in [5.41, 5.74) is 6.64. The van der Waals surface area contributed by atoms with Crippen LogP contribution in [0.4, 0.5) is 0 Å². The van der Waals surface area contributed by atoms with Crippen molar-refractivity contribution in [1.29, 1.82) is 0 Å². The molecule has 0 spiro atoms. The Labute approximate surface area is 158 Å². The van der Waals surface area contributed by atoms with Crippen molar-refractivity contribution in [3.63, 3.8) is 0 Å². The lowest BCUT2D eigenvalue weighted by Gasteiger charge is -2.26. The first-order valence-electron chi connectivity index (χ1n) is 7.69. The zero-order valence-electron chi connectivity index (χ0n) is 14.6. The number of carbonyl (C=O) groups is 2. The molecule has 0 radical (unpaired) electrons. The molecule has 1 atom stereocenters. The monoisotopic (exact) mass is 419 g/mol. The fourth-order valence-corrected chi connectivity index (χ4v) is 2.38. The average molecular weight is 421 g/mol. The van der Waals surface area contributed by atoms with E-state index >= 15 is 0 Å². The zero-order chi connectivity index (χ0) is 17.6. The highest BCUT2D eigenvalue weighted by Gasteiger charge is 2.22. The number of rotatable bonds is 7. The Kier molecular flexibility index (Phi) is 9.55. The van der Waals surface area contributed by atoms with Crippen LogP contribution in [0.25, 0.3) is 0 Å². The second-order valence-corrected chi connectivity index (χ2v) is 7.57. The lowest BCUT2D eigenvalue weighted by atomic mass is 9.84. The molecule has 0 aliphatic carbocycles. The molecule has 0 aliphatic heterocycles. The van der Waals surface area contributed by atoms with Crippen LogP contribution in [-0.4, -0.2) is 30.9 Å². The Bertz CT molecular complexity index is 565. The summed E-state index contributed by atoms with van der Waals surface area (Å²) in [5, 5.41) is 5.42. The number of hydrogen-bond acceptors (Lipinski definition) is 3. The minimum Gasteiger partial charge on any atom is -0.354 e. The van der Waals surface area contributed by atoms with Crippen LogP contribution in [0, 0.1) is 5.92 Å². The van der Waals surface area contributed by atoms with E-state index in [9.17, 15) is 9.59 Å². The fraction of sp³-hybridized carbons (Fsp3) is 0.529. The molecule has 0 bridgehead atoms. The van der Waals surface area contributed by atoms with E-state index in [2.05, 4.69) is 40.4 Å². The van der Waals surface area contributed by atoms with Gasteiger partial charge >= 0.3 is 0 Å². The third kappa shape index (κ3) is 7.20. The summed E-state index contributed by atoms with van der Waals surface area (Å²) in [5.74, 6) is -0.493. The van der Waals surface area contributed by atoms with E-state index in [0.717, 1.165) is 10.0 Å². The summed E-state index contributed by atoms with van der Waals surface area (Å²) < 4.78 is 1.00. The maximum atomic E-state index is 11.9. The summed E-state index contributed by atoms with van der Waals surface area (Å²) in [6.45, 7) is 8.27. The highest BCUT2D eigenvalue weighted by Crippen LogP contribution is 2.24. The second-order valence-electron chi connectivity index (χ2n) is 6.66. The molecule has 1 aromatic rings. The summed E-state index contributed by atoms with van der Waals surface area (Å²) in [6.07, 6.45) is 0. The van der Waals surface area contributed by atoms with Gasteiger partial charge in [-0.1, -0.05) is 55.8 Å². The fourth-order valence-electron chi connectivity index (χ4n) is 1.98. The van der Waals surface area contributed by atoms with Crippen molar-refractivity contribution in [2.45, 2.75) is 39.2 Å². The molecule has 0 aromatic heterocycles. The van der Waals surface area contributed by atoms with Gasteiger partial charge in [0, 0.05) is 16.4 Å². The SMILES string of the molecule is CC(C)[C@H](N)C(=O)NCC(=O)NCC(C)(C)c1cccc(Br)c1.Cl. The van der Waals surface area contributed by atoms with E-state index in [1.807, 2.05) is 38.1 Å². The molecule has 0 saturated heterocycles. The standard InChI is InChI=1S/C17H26BrN3O2.ClH/c1-11(2)15(19)16(23)20-9-14(22)21-10-17(3,4)12-6-5-7-13(18)8-12;/h5-8,11,15H,9-10,19H2,1-4H3,(H,20,23)(H,21,22);1H/t15-;/m0./s1. The van der Waals surface area contributed by atoms with Gasteiger partial charge in [0.2, 0.25) is 11.8 Å². The Balaban J connectivity index is 0.00000529. The highest BCUT2D eigenvalue weighted by molar-refractivity contribution is 9.10. The first-order valence-corrected chi connectivity index (χ1v) is 8.49. The molecule has 2 amide bonds. The van der Waals surface area contributed by atoms with Crippen LogP contribution < -0.4 is 16.4 Å². The quantitative estimate of drug-likeness (QED) is 0.633. The van der Waals surface area contributed by atoms with Crippen LogP contribution in [0.1, 0.15) is 33.3 Å². The van der Waals surface area contributed by atoms with Crippen molar-refractivity contribution in [3.8, 4) is 0 Å². The summed E-state index contributed by atoms with van der Waals surface area (Å²) in [6, 6.07) is 7.40. The first kappa shape index (κ1) is 22.9. The predicted molar refractivity (Wildman–Crippen MR) is 103 cm³/mol. The molecule has 136 valence electrons. The minimum atomic E-state index is -0.596. The van der Waals surface area contributed by atoms with Crippen molar-refractivity contribution in [1.82, 2.24) is 10.6 Å². The van der Waals surface area contributed by atoms with Gasteiger partial charge in [0.1, 0.15) is 0 Å². The molecule has 1 rings (SSSR count). The largest absolute Gasteiger partial charge is 0.354 e. The Morgan fingerprint density at radius 2 is 1.88 bits per heavy atom. The molecule has 0 heterocycles. The Morgan fingerprint density at radius 1 is 1.25 bits per heavy atom. The topological polar surface area (TPSA) is 84.2 Å². The molecule has 24 heavy (non-hydrogen) atoms. The highest BCUT2D eigenvalue weighted by atomic mass is 79.9. The predicted octanol–water partition coefficient (Wildman–Crippen LogP) is 2.36. The maximum Gasteiger partial charge on any atom is 0.239 e. The van der Waals surface area contributed by atoms with Crippen LogP contribution in [0.15, 0.2) is 28.7 Å². The van der Waals surface area contributed by atoms with Gasteiger partial charge in [-0.25, -0.2) is 0 Å². The van der Waals surface area contributed by atoms with Crippen molar-refractivity contribution in [2.75, 3.05) is 13.1 Å². The third-order valence-corrected chi connectivity index (χ3v) is 4.27. The van der Waals surface area contributed by atoms with Gasteiger partial charge in [0.05, 0.1) is 12.6 Å². The molecule has 0 fully saturated rings. The van der Waals surface area contributed by atoms with Crippen LogP contribution in [0.3, 0.4) is 0 Å². The Morgan fingerprint density at radius 3 is 2.42 bits per heavy atom. The number of amides is 2. The molecule has 0 aliphatic rings. The van der Waals surface area contributed by atoms with E-state index in [-0.39, 0.29) is 42.1 Å². The number of nitrogens with one attached hydrogen (secondary N) is 2. The molecular formula is C17H27BrClN3O2. The Hall–Kier alpha value is -1.11. The molecule has 4 N–H and O–H groups in total. The summed E-state index contributed by atoms with van der Waals surface area (Å²) in [4.78, 5) is 23.6. The van der Waals surface area contributed by atoms with Gasteiger partial charge in [-0.3, -0.25) is 9.59 Å². The normalized spacial score (nSPS) is 12.3. The van der Waals surface area contributed by atoms with Crippen molar-refractivity contribution in [3.05, 3.63) is 34.3 Å². The van der Waals surface area contributed by atoms with Crippen molar-refractivity contribution < 1.29 is 9.59 Å². The molecular weight excluding hydrogens is 394 g/mol. The summed E-state index contributed by atoms with van der Waals surface area (Å²) in [7, 11) is 0. The van der Waals surface area contributed by atoms with E-state index in [0.29, 0.717) is 6.54 Å².